The molecule has 3 rings (SSSR count). The summed E-state index contributed by atoms with van der Waals surface area (Å²) in [5.74, 6) is 0.835. The minimum absolute atomic E-state index is 0.0520. The van der Waals surface area contributed by atoms with Crippen molar-refractivity contribution in [2.45, 2.75) is 13.1 Å². The number of rotatable bonds is 7. The standard InChI is InChI=1S/C21H22N2O2/c1-22(16-20-13-8-14-25-20)21(24)17-23(19-11-6-3-7-12-19)15-18-9-4-2-5-10-18/h2-14H,15-17H2,1H3. The van der Waals surface area contributed by atoms with Gasteiger partial charge in [0.05, 0.1) is 19.4 Å². The molecule has 1 amide bonds. The first-order valence-electron chi connectivity index (χ1n) is 8.32. The summed E-state index contributed by atoms with van der Waals surface area (Å²) in [6, 6.07) is 23.9. The highest BCUT2D eigenvalue weighted by Gasteiger charge is 2.16. The molecule has 25 heavy (non-hydrogen) atoms. The third-order valence-electron chi connectivity index (χ3n) is 4.06. The number of anilines is 1. The fraction of sp³-hybridized carbons (Fsp3) is 0.190. The Balaban J connectivity index is 1.71. The van der Waals surface area contributed by atoms with E-state index in [1.165, 1.54) is 5.56 Å². The van der Waals surface area contributed by atoms with Crippen LogP contribution in [0, 0.1) is 0 Å². The van der Waals surface area contributed by atoms with Crippen LogP contribution in [0.2, 0.25) is 0 Å². The Morgan fingerprint density at radius 2 is 1.56 bits per heavy atom. The van der Waals surface area contributed by atoms with Crippen molar-refractivity contribution < 1.29 is 9.21 Å². The van der Waals surface area contributed by atoms with Gasteiger partial charge in [-0.1, -0.05) is 48.5 Å². The number of amides is 1. The van der Waals surface area contributed by atoms with Crippen LogP contribution in [0.15, 0.2) is 83.5 Å². The Kier molecular flexibility index (Phi) is 5.52. The van der Waals surface area contributed by atoms with Crippen molar-refractivity contribution >= 4 is 11.6 Å². The van der Waals surface area contributed by atoms with Gasteiger partial charge in [0, 0.05) is 19.3 Å². The zero-order valence-electron chi connectivity index (χ0n) is 14.3. The van der Waals surface area contributed by atoms with E-state index in [1.54, 1.807) is 18.2 Å². The highest BCUT2D eigenvalue weighted by Crippen LogP contribution is 2.17. The first kappa shape index (κ1) is 16.8. The molecule has 0 saturated carbocycles. The van der Waals surface area contributed by atoms with Gasteiger partial charge in [0.2, 0.25) is 5.91 Å². The van der Waals surface area contributed by atoms with Crippen LogP contribution in [0.25, 0.3) is 0 Å². The number of carbonyl (C=O) groups excluding carboxylic acids is 1. The number of hydrogen-bond acceptors (Lipinski definition) is 3. The van der Waals surface area contributed by atoms with Crippen molar-refractivity contribution in [2.24, 2.45) is 0 Å². The van der Waals surface area contributed by atoms with Crippen molar-refractivity contribution in [1.82, 2.24) is 4.90 Å². The lowest BCUT2D eigenvalue weighted by Crippen LogP contribution is -2.37. The molecule has 0 bridgehead atoms. The lowest BCUT2D eigenvalue weighted by atomic mass is 10.2. The molecule has 4 heteroatoms. The lowest BCUT2D eigenvalue weighted by molar-refractivity contribution is -0.129. The highest BCUT2D eigenvalue weighted by molar-refractivity contribution is 5.81. The summed E-state index contributed by atoms with van der Waals surface area (Å²) in [6.45, 7) is 1.47. The Morgan fingerprint density at radius 1 is 0.880 bits per heavy atom. The van der Waals surface area contributed by atoms with Crippen LogP contribution in [-0.2, 0) is 17.9 Å². The van der Waals surface area contributed by atoms with E-state index in [0.717, 1.165) is 11.4 Å². The fourth-order valence-corrected chi connectivity index (χ4v) is 2.69. The average molecular weight is 334 g/mol. The molecule has 0 N–H and O–H groups in total. The maximum Gasteiger partial charge on any atom is 0.242 e. The molecule has 0 spiro atoms. The predicted octanol–water partition coefficient (Wildman–Crippen LogP) is 3.94. The summed E-state index contributed by atoms with van der Waals surface area (Å²) in [7, 11) is 1.80. The Labute approximate surface area is 148 Å². The maximum absolute atomic E-state index is 12.7. The number of para-hydroxylation sites is 1. The Bertz CT molecular complexity index is 770. The zero-order valence-corrected chi connectivity index (χ0v) is 14.3. The largest absolute Gasteiger partial charge is 0.467 e. The second-order valence-corrected chi connectivity index (χ2v) is 6.01. The normalized spacial score (nSPS) is 10.4. The molecule has 1 heterocycles. The number of furan rings is 1. The molecule has 128 valence electrons. The summed E-state index contributed by atoms with van der Waals surface area (Å²) in [5.41, 5.74) is 2.21. The highest BCUT2D eigenvalue weighted by atomic mass is 16.3. The van der Waals surface area contributed by atoms with E-state index in [1.807, 2.05) is 60.7 Å². The van der Waals surface area contributed by atoms with Gasteiger partial charge in [-0.15, -0.1) is 0 Å². The van der Waals surface area contributed by atoms with Crippen molar-refractivity contribution in [3.05, 3.63) is 90.4 Å². The summed E-state index contributed by atoms with van der Waals surface area (Å²) in [5, 5.41) is 0. The summed E-state index contributed by atoms with van der Waals surface area (Å²) < 4.78 is 5.33. The molecule has 0 radical (unpaired) electrons. The molecule has 0 aliphatic heterocycles. The first-order chi connectivity index (χ1) is 12.2. The molecule has 2 aromatic carbocycles. The van der Waals surface area contributed by atoms with Gasteiger partial charge in [0.15, 0.2) is 0 Å². The summed E-state index contributed by atoms with van der Waals surface area (Å²) >= 11 is 0. The van der Waals surface area contributed by atoms with E-state index in [-0.39, 0.29) is 5.91 Å². The van der Waals surface area contributed by atoms with Gasteiger partial charge in [0.1, 0.15) is 5.76 Å². The number of nitrogens with zero attached hydrogens (tertiary/aromatic N) is 2. The van der Waals surface area contributed by atoms with Crippen LogP contribution in [0.1, 0.15) is 11.3 Å². The number of hydrogen-bond donors (Lipinski definition) is 0. The van der Waals surface area contributed by atoms with Crippen LogP contribution < -0.4 is 4.90 Å². The average Bonchev–Trinajstić information content (AvgIpc) is 3.15. The van der Waals surface area contributed by atoms with Crippen molar-refractivity contribution in [3.8, 4) is 0 Å². The molecule has 0 unspecified atom stereocenters. The minimum atomic E-state index is 0.0520. The van der Waals surface area contributed by atoms with Gasteiger partial charge in [0.25, 0.3) is 0 Å². The van der Waals surface area contributed by atoms with E-state index in [9.17, 15) is 4.79 Å². The summed E-state index contributed by atoms with van der Waals surface area (Å²) in [6.07, 6.45) is 1.62. The monoisotopic (exact) mass is 334 g/mol. The maximum atomic E-state index is 12.7. The Morgan fingerprint density at radius 3 is 2.20 bits per heavy atom. The van der Waals surface area contributed by atoms with Gasteiger partial charge in [-0.3, -0.25) is 4.79 Å². The third kappa shape index (κ3) is 4.73. The topological polar surface area (TPSA) is 36.7 Å². The van der Waals surface area contributed by atoms with E-state index >= 15 is 0 Å². The Hall–Kier alpha value is -3.01. The molecule has 0 aliphatic rings. The van der Waals surface area contributed by atoms with Crippen molar-refractivity contribution in [2.75, 3.05) is 18.5 Å². The molecule has 0 saturated heterocycles. The van der Waals surface area contributed by atoms with E-state index in [4.69, 9.17) is 4.42 Å². The van der Waals surface area contributed by atoms with E-state index in [0.29, 0.717) is 19.6 Å². The zero-order chi connectivity index (χ0) is 17.5. The number of benzene rings is 2. The summed E-state index contributed by atoms with van der Waals surface area (Å²) in [4.78, 5) is 16.5. The second kappa shape index (κ2) is 8.20. The molecule has 4 nitrogen and oxygen atoms in total. The van der Waals surface area contributed by atoms with Crippen LogP contribution in [0.5, 0.6) is 0 Å². The lowest BCUT2D eigenvalue weighted by Gasteiger charge is -2.27. The van der Waals surface area contributed by atoms with E-state index < -0.39 is 0 Å². The quantitative estimate of drug-likeness (QED) is 0.656. The van der Waals surface area contributed by atoms with Crippen LogP contribution in [0.3, 0.4) is 0 Å². The van der Waals surface area contributed by atoms with Crippen LogP contribution >= 0.6 is 0 Å². The van der Waals surface area contributed by atoms with Gasteiger partial charge < -0.3 is 14.2 Å². The van der Waals surface area contributed by atoms with Crippen molar-refractivity contribution in [1.29, 1.82) is 0 Å². The third-order valence-corrected chi connectivity index (χ3v) is 4.06. The second-order valence-electron chi connectivity index (χ2n) is 6.01. The van der Waals surface area contributed by atoms with Gasteiger partial charge >= 0.3 is 0 Å². The minimum Gasteiger partial charge on any atom is -0.467 e. The molecule has 0 fully saturated rings. The molecule has 3 aromatic rings. The van der Waals surface area contributed by atoms with Gasteiger partial charge in [-0.05, 0) is 29.8 Å². The van der Waals surface area contributed by atoms with Gasteiger partial charge in [-0.2, -0.15) is 0 Å². The van der Waals surface area contributed by atoms with Crippen LogP contribution in [-0.4, -0.2) is 24.4 Å². The fourth-order valence-electron chi connectivity index (χ4n) is 2.69. The van der Waals surface area contributed by atoms with E-state index in [2.05, 4.69) is 17.0 Å². The molecule has 1 aromatic heterocycles. The number of likely N-dealkylation sites (N-methyl/N-ethyl adjacent to an activating group) is 1. The SMILES string of the molecule is CN(Cc1ccco1)C(=O)CN(Cc1ccccc1)c1ccccc1. The van der Waals surface area contributed by atoms with Crippen LogP contribution in [0.4, 0.5) is 5.69 Å². The molecular weight excluding hydrogens is 312 g/mol. The smallest absolute Gasteiger partial charge is 0.242 e. The van der Waals surface area contributed by atoms with Crippen molar-refractivity contribution in [3.63, 3.8) is 0 Å². The predicted molar refractivity (Wildman–Crippen MR) is 99.1 cm³/mol. The van der Waals surface area contributed by atoms with Gasteiger partial charge in [-0.25, -0.2) is 0 Å². The number of carbonyl (C=O) groups is 1. The first-order valence-corrected chi connectivity index (χ1v) is 8.32. The molecular formula is C21H22N2O2. The molecule has 0 atom stereocenters. The molecule has 0 aliphatic carbocycles.